The van der Waals surface area contributed by atoms with Gasteiger partial charge in [0, 0.05) is 5.56 Å². The van der Waals surface area contributed by atoms with Crippen molar-refractivity contribution in [1.82, 2.24) is 0 Å². The summed E-state index contributed by atoms with van der Waals surface area (Å²) in [7, 11) is 0. The van der Waals surface area contributed by atoms with Gasteiger partial charge in [0.15, 0.2) is 17.2 Å². The summed E-state index contributed by atoms with van der Waals surface area (Å²) in [6.45, 7) is 4.48. The maximum atomic E-state index is 12.1. The number of benzene rings is 2. The van der Waals surface area contributed by atoms with Crippen LogP contribution in [-0.2, 0) is 9.53 Å². The average molecular weight is 335 g/mol. The number of ether oxygens (including phenoxy) is 3. The van der Waals surface area contributed by atoms with Gasteiger partial charge in [-0.25, -0.2) is 9.79 Å². The summed E-state index contributed by atoms with van der Waals surface area (Å²) >= 11 is 0. The van der Waals surface area contributed by atoms with Gasteiger partial charge in [0.05, 0.1) is 0 Å². The summed E-state index contributed by atoms with van der Waals surface area (Å²) in [6.07, 6.45) is 1.73. The predicted octanol–water partition coefficient (Wildman–Crippen LogP) is 3.88. The summed E-state index contributed by atoms with van der Waals surface area (Å²) in [5.41, 5.74) is 3.12. The van der Waals surface area contributed by atoms with Gasteiger partial charge in [-0.2, -0.15) is 0 Å². The van der Waals surface area contributed by atoms with Crippen molar-refractivity contribution in [2.24, 2.45) is 4.99 Å². The Morgan fingerprint density at radius 2 is 1.80 bits per heavy atom. The minimum absolute atomic E-state index is 0.197. The Bertz CT molecular complexity index is 894. The number of carbonyl (C=O) groups excluding carboxylic acids is 1. The van der Waals surface area contributed by atoms with Crippen molar-refractivity contribution in [3.05, 3.63) is 64.9 Å². The van der Waals surface area contributed by atoms with Crippen LogP contribution in [0.2, 0.25) is 0 Å². The molecule has 0 bridgehead atoms. The van der Waals surface area contributed by atoms with Crippen molar-refractivity contribution in [1.29, 1.82) is 0 Å². The number of rotatable bonds is 3. The molecule has 4 rings (SSSR count). The van der Waals surface area contributed by atoms with Gasteiger partial charge >= 0.3 is 5.97 Å². The molecule has 25 heavy (non-hydrogen) atoms. The zero-order valence-corrected chi connectivity index (χ0v) is 14.0. The number of esters is 1. The fourth-order valence-corrected chi connectivity index (χ4v) is 2.70. The van der Waals surface area contributed by atoms with Gasteiger partial charge in [0.1, 0.15) is 0 Å². The maximum absolute atomic E-state index is 12.1. The van der Waals surface area contributed by atoms with Crippen molar-refractivity contribution in [3.63, 3.8) is 0 Å². The highest BCUT2D eigenvalue weighted by atomic mass is 16.7. The lowest BCUT2D eigenvalue weighted by Crippen LogP contribution is -2.05. The second kappa shape index (κ2) is 6.09. The van der Waals surface area contributed by atoms with E-state index in [9.17, 15) is 4.79 Å². The van der Waals surface area contributed by atoms with Crippen molar-refractivity contribution >= 4 is 17.9 Å². The molecule has 0 spiro atoms. The number of hydrogen-bond donors (Lipinski definition) is 0. The van der Waals surface area contributed by atoms with E-state index >= 15 is 0 Å². The van der Waals surface area contributed by atoms with Crippen molar-refractivity contribution in [3.8, 4) is 11.5 Å². The molecule has 0 fully saturated rings. The fraction of sp³-hybridized carbons (Fsp3) is 0.200. The molecule has 0 N–H and O–H groups in total. The van der Waals surface area contributed by atoms with Crippen molar-refractivity contribution < 1.29 is 19.0 Å². The fourth-order valence-electron chi connectivity index (χ4n) is 2.70. The summed E-state index contributed by atoms with van der Waals surface area (Å²) in [5, 5.41) is 0. The highest BCUT2D eigenvalue weighted by Crippen LogP contribution is 2.33. The number of cyclic esters (lactones) is 1. The van der Waals surface area contributed by atoms with Crippen LogP contribution in [0.1, 0.15) is 36.5 Å². The molecule has 2 aliphatic heterocycles. The molecule has 2 aromatic rings. The molecule has 5 nitrogen and oxygen atoms in total. The van der Waals surface area contributed by atoms with Crippen LogP contribution >= 0.6 is 0 Å². The SMILES string of the molecule is CC(C)c1ccc(/C=C2\N=C(c3ccc4c(c3)OCO4)OC2=O)cc1. The number of carbonyl (C=O) groups is 1. The van der Waals surface area contributed by atoms with Crippen LogP contribution < -0.4 is 9.47 Å². The molecule has 0 radical (unpaired) electrons. The Hall–Kier alpha value is -3.08. The van der Waals surface area contributed by atoms with E-state index in [-0.39, 0.29) is 18.4 Å². The molecule has 0 atom stereocenters. The number of aliphatic imine (C=N–C) groups is 1. The Morgan fingerprint density at radius 1 is 1.04 bits per heavy atom. The Morgan fingerprint density at radius 3 is 2.56 bits per heavy atom. The van der Waals surface area contributed by atoms with E-state index < -0.39 is 5.97 Å². The number of hydrogen-bond acceptors (Lipinski definition) is 5. The van der Waals surface area contributed by atoms with Crippen LogP contribution in [0, 0.1) is 0 Å². The molecule has 5 heteroatoms. The molecule has 0 aromatic heterocycles. The molecule has 0 saturated heterocycles. The first-order valence-corrected chi connectivity index (χ1v) is 8.13. The first-order chi connectivity index (χ1) is 12.1. The summed E-state index contributed by atoms with van der Waals surface area (Å²) in [6, 6.07) is 13.4. The smallest absolute Gasteiger partial charge is 0.363 e. The van der Waals surface area contributed by atoms with E-state index in [0.717, 1.165) is 5.56 Å². The third-order valence-corrected chi connectivity index (χ3v) is 4.15. The van der Waals surface area contributed by atoms with Gasteiger partial charge in [0.2, 0.25) is 12.7 Å². The lowest BCUT2D eigenvalue weighted by Gasteiger charge is -2.04. The second-order valence-electron chi connectivity index (χ2n) is 6.23. The summed E-state index contributed by atoms with van der Waals surface area (Å²) in [4.78, 5) is 16.4. The van der Waals surface area contributed by atoms with E-state index in [1.807, 2.05) is 12.1 Å². The molecular weight excluding hydrogens is 318 g/mol. The first kappa shape index (κ1) is 15.4. The molecule has 0 amide bonds. The van der Waals surface area contributed by atoms with E-state index in [1.165, 1.54) is 5.56 Å². The minimum Gasteiger partial charge on any atom is -0.454 e. The normalized spacial score (nSPS) is 17.2. The second-order valence-corrected chi connectivity index (χ2v) is 6.23. The highest BCUT2D eigenvalue weighted by molar-refractivity contribution is 6.13. The standard InChI is InChI=1S/C20H17NO4/c1-12(2)14-5-3-13(4-6-14)9-16-20(22)25-19(21-16)15-7-8-17-18(10-15)24-11-23-17/h3-10,12H,11H2,1-2H3/b16-9-. The van der Waals surface area contributed by atoms with Gasteiger partial charge in [-0.05, 0) is 41.3 Å². The first-order valence-electron chi connectivity index (χ1n) is 8.13. The largest absolute Gasteiger partial charge is 0.454 e. The van der Waals surface area contributed by atoms with Gasteiger partial charge in [-0.3, -0.25) is 0 Å². The third kappa shape index (κ3) is 3.01. The van der Waals surface area contributed by atoms with E-state index in [4.69, 9.17) is 14.2 Å². The number of fused-ring (bicyclic) bond motifs is 1. The van der Waals surface area contributed by atoms with Gasteiger partial charge in [-0.1, -0.05) is 38.1 Å². The quantitative estimate of drug-likeness (QED) is 0.631. The van der Waals surface area contributed by atoms with Gasteiger partial charge in [-0.15, -0.1) is 0 Å². The molecular formula is C20H17NO4. The molecule has 126 valence electrons. The Balaban J connectivity index is 1.61. The number of nitrogens with zero attached hydrogens (tertiary/aromatic N) is 1. The average Bonchev–Trinajstić information content (AvgIpc) is 3.21. The van der Waals surface area contributed by atoms with Crippen LogP contribution in [0.4, 0.5) is 0 Å². The minimum atomic E-state index is -0.458. The van der Waals surface area contributed by atoms with E-state index in [0.29, 0.717) is 23.0 Å². The summed E-state index contributed by atoms with van der Waals surface area (Å²) < 4.78 is 15.9. The van der Waals surface area contributed by atoms with Crippen LogP contribution in [0.15, 0.2) is 53.2 Å². The molecule has 2 heterocycles. The zero-order valence-electron chi connectivity index (χ0n) is 14.0. The van der Waals surface area contributed by atoms with Crippen molar-refractivity contribution in [2.75, 3.05) is 6.79 Å². The van der Waals surface area contributed by atoms with Crippen LogP contribution in [0.25, 0.3) is 6.08 Å². The monoisotopic (exact) mass is 335 g/mol. The zero-order chi connectivity index (χ0) is 17.4. The molecule has 0 saturated carbocycles. The van der Waals surface area contributed by atoms with Crippen LogP contribution in [0.3, 0.4) is 0 Å². The van der Waals surface area contributed by atoms with Gasteiger partial charge < -0.3 is 14.2 Å². The predicted molar refractivity (Wildman–Crippen MR) is 93.7 cm³/mol. The molecule has 0 unspecified atom stereocenters. The molecule has 2 aliphatic rings. The van der Waals surface area contributed by atoms with E-state index in [2.05, 4.69) is 31.0 Å². The molecule has 2 aromatic carbocycles. The highest BCUT2D eigenvalue weighted by Gasteiger charge is 2.25. The Kier molecular flexibility index (Phi) is 3.76. The summed E-state index contributed by atoms with van der Waals surface area (Å²) in [5.74, 6) is 1.58. The van der Waals surface area contributed by atoms with Gasteiger partial charge in [0.25, 0.3) is 0 Å². The van der Waals surface area contributed by atoms with Crippen LogP contribution in [0.5, 0.6) is 11.5 Å². The molecule has 0 aliphatic carbocycles. The topological polar surface area (TPSA) is 57.1 Å². The maximum Gasteiger partial charge on any atom is 0.363 e. The van der Waals surface area contributed by atoms with E-state index in [1.54, 1.807) is 24.3 Å². The third-order valence-electron chi connectivity index (χ3n) is 4.15. The Labute approximate surface area is 145 Å². The van der Waals surface area contributed by atoms with Crippen molar-refractivity contribution in [2.45, 2.75) is 19.8 Å². The lowest BCUT2D eigenvalue weighted by molar-refractivity contribution is -0.129. The van der Waals surface area contributed by atoms with Crippen LogP contribution in [-0.4, -0.2) is 18.7 Å². The lowest BCUT2D eigenvalue weighted by atomic mass is 10.0.